The van der Waals surface area contributed by atoms with E-state index in [0.717, 1.165) is 5.56 Å². The fraction of sp³-hybridized carbons (Fsp3) is 0.500. The van der Waals surface area contributed by atoms with Crippen LogP contribution in [0.15, 0.2) is 30.3 Å². The molecule has 4 heteroatoms. The summed E-state index contributed by atoms with van der Waals surface area (Å²) in [6, 6.07) is 9.57. The van der Waals surface area contributed by atoms with E-state index in [9.17, 15) is 4.79 Å². The van der Waals surface area contributed by atoms with Gasteiger partial charge >= 0.3 is 0 Å². The maximum Gasteiger partial charge on any atom is 0.242 e. The number of nitrogens with one attached hydrogen (secondary N) is 1. The summed E-state index contributed by atoms with van der Waals surface area (Å²) in [7, 11) is 0. The Morgan fingerprint density at radius 2 is 2.00 bits per heavy atom. The Kier molecular flexibility index (Phi) is 5.82. The van der Waals surface area contributed by atoms with E-state index in [0.29, 0.717) is 26.2 Å². The third kappa shape index (κ3) is 3.31. The maximum absolute atomic E-state index is 11.9. The third-order valence-corrected chi connectivity index (χ3v) is 2.99. The number of nitrogens with two attached hydrogens (primary N) is 1. The van der Waals surface area contributed by atoms with Gasteiger partial charge in [0.1, 0.15) is 5.54 Å². The molecule has 0 aliphatic carbocycles. The van der Waals surface area contributed by atoms with E-state index >= 15 is 0 Å². The summed E-state index contributed by atoms with van der Waals surface area (Å²) >= 11 is 0. The molecule has 1 amide bonds. The maximum atomic E-state index is 11.9. The highest BCUT2D eigenvalue weighted by Crippen LogP contribution is 2.25. The van der Waals surface area contributed by atoms with E-state index in [1.807, 2.05) is 44.2 Å². The highest BCUT2D eigenvalue weighted by Gasteiger charge is 2.37. The number of hydrogen-bond acceptors (Lipinski definition) is 3. The van der Waals surface area contributed by atoms with E-state index in [2.05, 4.69) is 5.32 Å². The second-order valence-electron chi connectivity index (χ2n) is 4.11. The number of rotatable bonds is 8. The first-order chi connectivity index (χ1) is 8.67. The lowest BCUT2D eigenvalue weighted by Crippen LogP contribution is -2.53. The lowest BCUT2D eigenvalue weighted by atomic mass is 9.86. The van der Waals surface area contributed by atoms with Gasteiger partial charge in [0.25, 0.3) is 0 Å². The summed E-state index contributed by atoms with van der Waals surface area (Å²) in [5, 5.41) is 3.22. The molecule has 1 unspecified atom stereocenters. The van der Waals surface area contributed by atoms with Crippen LogP contribution in [-0.4, -0.2) is 25.7 Å². The molecule has 0 saturated carbocycles. The summed E-state index contributed by atoms with van der Waals surface area (Å²) in [6.07, 6.45) is 0.536. The van der Waals surface area contributed by atoms with Gasteiger partial charge in [0, 0.05) is 19.6 Å². The average Bonchev–Trinajstić information content (AvgIpc) is 2.38. The van der Waals surface area contributed by atoms with Crippen molar-refractivity contribution in [2.45, 2.75) is 25.8 Å². The van der Waals surface area contributed by atoms with Gasteiger partial charge in [-0.15, -0.1) is 0 Å². The highest BCUT2D eigenvalue weighted by molar-refractivity contribution is 5.86. The standard InChI is InChI=1S/C14H22N2O2/c1-3-16-14(13(15)17,10-11-18-4-2)12-8-6-5-7-9-12/h5-9,16H,3-4,10-11H2,1-2H3,(H2,15,17). The van der Waals surface area contributed by atoms with Crippen molar-refractivity contribution in [3.63, 3.8) is 0 Å². The molecule has 0 aromatic heterocycles. The lowest BCUT2D eigenvalue weighted by molar-refractivity contribution is -0.125. The molecule has 3 N–H and O–H groups in total. The van der Waals surface area contributed by atoms with E-state index in [-0.39, 0.29) is 5.91 Å². The molecular formula is C14H22N2O2. The topological polar surface area (TPSA) is 64.3 Å². The minimum Gasteiger partial charge on any atom is -0.382 e. The summed E-state index contributed by atoms with van der Waals surface area (Å²) in [4.78, 5) is 11.9. The Hall–Kier alpha value is -1.39. The van der Waals surface area contributed by atoms with Gasteiger partial charge in [0.05, 0.1) is 0 Å². The van der Waals surface area contributed by atoms with Crippen LogP contribution in [0, 0.1) is 0 Å². The van der Waals surface area contributed by atoms with Crippen LogP contribution in [0.3, 0.4) is 0 Å². The molecule has 0 saturated heterocycles. The zero-order valence-electron chi connectivity index (χ0n) is 11.1. The first-order valence-electron chi connectivity index (χ1n) is 6.35. The Balaban J connectivity index is 3.01. The van der Waals surface area contributed by atoms with Crippen LogP contribution in [0.4, 0.5) is 0 Å². The number of carbonyl (C=O) groups is 1. The zero-order chi connectivity index (χ0) is 13.4. The van der Waals surface area contributed by atoms with Gasteiger partial charge in [-0.25, -0.2) is 0 Å². The number of ether oxygens (including phenoxy) is 1. The number of carbonyl (C=O) groups excluding carboxylic acids is 1. The number of hydrogen-bond donors (Lipinski definition) is 2. The SMILES string of the molecule is CCNC(CCOCC)(C(N)=O)c1ccccc1. The molecule has 1 aromatic carbocycles. The summed E-state index contributed by atoms with van der Waals surface area (Å²) in [5.41, 5.74) is 5.66. The quantitative estimate of drug-likeness (QED) is 0.686. The predicted octanol–water partition coefficient (Wildman–Crippen LogP) is 1.40. The number of amides is 1. The van der Waals surface area contributed by atoms with Crippen molar-refractivity contribution >= 4 is 5.91 Å². The van der Waals surface area contributed by atoms with E-state index < -0.39 is 5.54 Å². The second-order valence-corrected chi connectivity index (χ2v) is 4.11. The molecule has 0 fully saturated rings. The van der Waals surface area contributed by atoms with Gasteiger partial charge in [0.2, 0.25) is 5.91 Å². The predicted molar refractivity (Wildman–Crippen MR) is 72.1 cm³/mol. The molecule has 100 valence electrons. The minimum absolute atomic E-state index is 0.366. The molecule has 0 heterocycles. The largest absolute Gasteiger partial charge is 0.382 e. The summed E-state index contributed by atoms with van der Waals surface area (Å²) < 4.78 is 5.36. The van der Waals surface area contributed by atoms with Crippen LogP contribution in [0.5, 0.6) is 0 Å². The molecule has 0 aliphatic rings. The molecule has 18 heavy (non-hydrogen) atoms. The summed E-state index contributed by atoms with van der Waals surface area (Å²) in [5.74, 6) is -0.366. The Morgan fingerprint density at radius 3 is 2.50 bits per heavy atom. The lowest BCUT2D eigenvalue weighted by Gasteiger charge is -2.32. The van der Waals surface area contributed by atoms with E-state index in [4.69, 9.17) is 10.5 Å². The Morgan fingerprint density at radius 1 is 1.33 bits per heavy atom. The Bertz CT molecular complexity index is 367. The fourth-order valence-electron chi connectivity index (χ4n) is 2.08. The fourth-order valence-corrected chi connectivity index (χ4v) is 2.08. The van der Waals surface area contributed by atoms with Gasteiger partial charge in [-0.1, -0.05) is 37.3 Å². The third-order valence-electron chi connectivity index (χ3n) is 2.99. The first-order valence-corrected chi connectivity index (χ1v) is 6.35. The molecule has 1 rings (SSSR count). The van der Waals surface area contributed by atoms with Crippen molar-refractivity contribution in [2.24, 2.45) is 5.73 Å². The molecule has 0 spiro atoms. The molecular weight excluding hydrogens is 228 g/mol. The Labute approximate surface area is 109 Å². The van der Waals surface area contributed by atoms with E-state index in [1.165, 1.54) is 0 Å². The molecule has 1 aromatic rings. The zero-order valence-corrected chi connectivity index (χ0v) is 11.1. The van der Waals surface area contributed by atoms with Crippen LogP contribution in [0.25, 0.3) is 0 Å². The molecule has 0 aliphatic heterocycles. The molecule has 0 bridgehead atoms. The smallest absolute Gasteiger partial charge is 0.242 e. The van der Waals surface area contributed by atoms with Crippen molar-refractivity contribution in [2.75, 3.05) is 19.8 Å². The number of likely N-dealkylation sites (N-methyl/N-ethyl adjacent to an activating group) is 1. The van der Waals surface area contributed by atoms with Crippen LogP contribution < -0.4 is 11.1 Å². The highest BCUT2D eigenvalue weighted by atomic mass is 16.5. The number of primary amides is 1. The first kappa shape index (κ1) is 14.7. The van der Waals surface area contributed by atoms with Gasteiger partial charge in [-0.2, -0.15) is 0 Å². The van der Waals surface area contributed by atoms with Crippen LogP contribution in [0.2, 0.25) is 0 Å². The van der Waals surface area contributed by atoms with Gasteiger partial charge in [0.15, 0.2) is 0 Å². The van der Waals surface area contributed by atoms with Gasteiger partial charge in [-0.05, 0) is 19.0 Å². The molecule has 1 atom stereocenters. The van der Waals surface area contributed by atoms with Crippen LogP contribution in [0.1, 0.15) is 25.8 Å². The van der Waals surface area contributed by atoms with Crippen LogP contribution in [-0.2, 0) is 15.1 Å². The van der Waals surface area contributed by atoms with Crippen molar-refractivity contribution in [1.29, 1.82) is 0 Å². The monoisotopic (exact) mass is 250 g/mol. The second kappa shape index (κ2) is 7.13. The summed E-state index contributed by atoms with van der Waals surface area (Å²) in [6.45, 7) is 5.70. The minimum atomic E-state index is -0.842. The van der Waals surface area contributed by atoms with Gasteiger partial charge in [-0.3, -0.25) is 10.1 Å². The van der Waals surface area contributed by atoms with Crippen molar-refractivity contribution < 1.29 is 9.53 Å². The average molecular weight is 250 g/mol. The van der Waals surface area contributed by atoms with Crippen LogP contribution >= 0.6 is 0 Å². The van der Waals surface area contributed by atoms with Crippen molar-refractivity contribution in [3.05, 3.63) is 35.9 Å². The molecule has 4 nitrogen and oxygen atoms in total. The molecule has 0 radical (unpaired) electrons. The normalized spacial score (nSPS) is 14.1. The van der Waals surface area contributed by atoms with Crippen molar-refractivity contribution in [3.8, 4) is 0 Å². The van der Waals surface area contributed by atoms with Gasteiger partial charge < -0.3 is 10.5 Å². The number of benzene rings is 1. The van der Waals surface area contributed by atoms with Crippen molar-refractivity contribution in [1.82, 2.24) is 5.32 Å². The van der Waals surface area contributed by atoms with E-state index in [1.54, 1.807) is 0 Å².